The normalized spacial score (nSPS) is 9.00. The van der Waals surface area contributed by atoms with Crippen LogP contribution in [0.15, 0.2) is 48.8 Å². The molecule has 1 aromatic heterocycles. The second kappa shape index (κ2) is 5.97. The molecule has 15 heavy (non-hydrogen) atoms. The van der Waals surface area contributed by atoms with Crippen LogP contribution in [-0.4, -0.2) is 4.98 Å². The molecule has 0 aliphatic rings. The molecule has 1 nitrogen and oxygen atoms in total. The van der Waals surface area contributed by atoms with Crippen molar-refractivity contribution in [1.82, 2.24) is 4.98 Å². The molecule has 0 bridgehead atoms. The van der Waals surface area contributed by atoms with Crippen LogP contribution in [0.2, 0.25) is 0 Å². The Morgan fingerprint density at radius 2 is 1.47 bits per heavy atom. The predicted octanol–water partition coefficient (Wildman–Crippen LogP) is 4.08. The minimum absolute atomic E-state index is 1.23. The van der Waals surface area contributed by atoms with Gasteiger partial charge in [-0.2, -0.15) is 0 Å². The number of rotatable bonds is 1. The summed E-state index contributed by atoms with van der Waals surface area (Å²) >= 11 is 0. The molecule has 0 N–H and O–H groups in total. The second-order valence-corrected chi connectivity index (χ2v) is 3.05. The van der Waals surface area contributed by atoms with Crippen molar-refractivity contribution in [2.24, 2.45) is 0 Å². The first-order valence-corrected chi connectivity index (χ1v) is 5.34. The molecule has 0 aliphatic carbocycles. The van der Waals surface area contributed by atoms with E-state index >= 15 is 0 Å². The highest BCUT2D eigenvalue weighted by molar-refractivity contribution is 5.66. The lowest BCUT2D eigenvalue weighted by Gasteiger charge is -2.03. The number of aromatic nitrogens is 1. The van der Waals surface area contributed by atoms with Crippen LogP contribution in [0.4, 0.5) is 0 Å². The van der Waals surface area contributed by atoms with Gasteiger partial charge >= 0.3 is 0 Å². The number of nitrogens with zero attached hydrogens (tertiary/aromatic N) is 1. The molecule has 0 saturated heterocycles. The van der Waals surface area contributed by atoms with Crippen molar-refractivity contribution in [1.29, 1.82) is 0 Å². The quantitative estimate of drug-likeness (QED) is 0.674. The van der Waals surface area contributed by atoms with Crippen molar-refractivity contribution in [3.8, 4) is 11.1 Å². The van der Waals surface area contributed by atoms with Crippen molar-refractivity contribution in [2.75, 3.05) is 0 Å². The smallest absolute Gasteiger partial charge is 0.0273 e. The van der Waals surface area contributed by atoms with Gasteiger partial charge in [-0.25, -0.2) is 0 Å². The van der Waals surface area contributed by atoms with E-state index in [4.69, 9.17) is 0 Å². The van der Waals surface area contributed by atoms with E-state index < -0.39 is 0 Å². The van der Waals surface area contributed by atoms with Gasteiger partial charge in [-0.1, -0.05) is 38.1 Å². The second-order valence-electron chi connectivity index (χ2n) is 3.05. The summed E-state index contributed by atoms with van der Waals surface area (Å²) in [5.41, 5.74) is 3.81. The van der Waals surface area contributed by atoms with Gasteiger partial charge in [0, 0.05) is 12.4 Å². The Morgan fingerprint density at radius 3 is 2.07 bits per heavy atom. The van der Waals surface area contributed by atoms with E-state index in [0.29, 0.717) is 0 Å². The van der Waals surface area contributed by atoms with Crippen LogP contribution >= 0.6 is 0 Å². The van der Waals surface area contributed by atoms with Crippen LogP contribution in [0.1, 0.15) is 19.4 Å². The highest BCUT2D eigenvalue weighted by atomic mass is 14.6. The Kier molecular flexibility index (Phi) is 4.55. The molecular weight excluding hydrogens is 182 g/mol. The molecule has 0 radical (unpaired) electrons. The molecule has 0 atom stereocenters. The predicted molar refractivity (Wildman–Crippen MR) is 65.8 cm³/mol. The van der Waals surface area contributed by atoms with Crippen molar-refractivity contribution < 1.29 is 0 Å². The molecule has 0 saturated carbocycles. The molecule has 2 aromatic rings. The van der Waals surface area contributed by atoms with Gasteiger partial charge in [0.1, 0.15) is 0 Å². The monoisotopic (exact) mass is 199 g/mol. The van der Waals surface area contributed by atoms with E-state index in [2.05, 4.69) is 36.2 Å². The number of pyridine rings is 1. The fraction of sp³-hybridized carbons (Fsp3) is 0.214. The molecule has 0 unspecified atom stereocenters. The average molecular weight is 199 g/mol. The number of hydrogen-bond acceptors (Lipinski definition) is 1. The van der Waals surface area contributed by atoms with E-state index in [0.717, 1.165) is 0 Å². The van der Waals surface area contributed by atoms with Crippen LogP contribution < -0.4 is 0 Å². The molecule has 0 aliphatic heterocycles. The molecule has 0 fully saturated rings. The van der Waals surface area contributed by atoms with E-state index in [1.807, 2.05) is 38.4 Å². The Hall–Kier alpha value is -1.63. The summed E-state index contributed by atoms with van der Waals surface area (Å²) in [6.07, 6.45) is 3.64. The summed E-state index contributed by atoms with van der Waals surface area (Å²) in [6, 6.07) is 12.4. The summed E-state index contributed by atoms with van der Waals surface area (Å²) in [4.78, 5) is 4.00. The lowest BCUT2D eigenvalue weighted by molar-refractivity contribution is 1.32. The van der Waals surface area contributed by atoms with Crippen LogP contribution in [0.5, 0.6) is 0 Å². The minimum atomic E-state index is 1.23. The van der Waals surface area contributed by atoms with E-state index in [9.17, 15) is 0 Å². The van der Waals surface area contributed by atoms with Crippen LogP contribution in [-0.2, 0) is 0 Å². The summed E-state index contributed by atoms with van der Waals surface area (Å²) in [6.45, 7) is 6.12. The van der Waals surface area contributed by atoms with Gasteiger partial charge in [0.15, 0.2) is 0 Å². The number of hydrogen-bond donors (Lipinski definition) is 0. The SMILES string of the molecule is CC.Cc1ccccc1-c1ccncc1. The highest BCUT2D eigenvalue weighted by Gasteiger charge is 1.98. The van der Waals surface area contributed by atoms with Gasteiger partial charge in [-0.15, -0.1) is 0 Å². The minimum Gasteiger partial charge on any atom is -0.265 e. The van der Waals surface area contributed by atoms with Crippen LogP contribution in [0.3, 0.4) is 0 Å². The first-order chi connectivity index (χ1) is 7.38. The summed E-state index contributed by atoms with van der Waals surface area (Å²) in [7, 11) is 0. The Morgan fingerprint density at radius 1 is 0.867 bits per heavy atom. The summed E-state index contributed by atoms with van der Waals surface area (Å²) in [5.74, 6) is 0. The maximum Gasteiger partial charge on any atom is 0.0273 e. The van der Waals surface area contributed by atoms with Gasteiger partial charge in [-0.3, -0.25) is 4.98 Å². The Labute approximate surface area is 91.8 Å². The van der Waals surface area contributed by atoms with E-state index in [1.165, 1.54) is 16.7 Å². The first-order valence-electron chi connectivity index (χ1n) is 5.34. The molecule has 1 aromatic carbocycles. The van der Waals surface area contributed by atoms with Crippen molar-refractivity contribution in [3.63, 3.8) is 0 Å². The third-order valence-corrected chi connectivity index (χ3v) is 2.14. The molecule has 78 valence electrons. The van der Waals surface area contributed by atoms with Crippen molar-refractivity contribution in [3.05, 3.63) is 54.4 Å². The molecule has 1 heteroatoms. The lowest BCUT2D eigenvalue weighted by Crippen LogP contribution is -1.81. The highest BCUT2D eigenvalue weighted by Crippen LogP contribution is 2.21. The Bertz CT molecular complexity index is 393. The fourth-order valence-corrected chi connectivity index (χ4v) is 1.43. The van der Waals surface area contributed by atoms with Gasteiger partial charge in [0.2, 0.25) is 0 Å². The lowest BCUT2D eigenvalue weighted by atomic mass is 10.0. The maximum absolute atomic E-state index is 4.00. The molecule has 1 heterocycles. The fourth-order valence-electron chi connectivity index (χ4n) is 1.43. The summed E-state index contributed by atoms with van der Waals surface area (Å²) in [5, 5.41) is 0. The Balaban J connectivity index is 0.000000531. The van der Waals surface area contributed by atoms with Crippen molar-refractivity contribution >= 4 is 0 Å². The van der Waals surface area contributed by atoms with Gasteiger partial charge in [0.05, 0.1) is 0 Å². The van der Waals surface area contributed by atoms with Gasteiger partial charge in [-0.05, 0) is 35.7 Å². The topological polar surface area (TPSA) is 12.9 Å². The standard InChI is InChI=1S/C12H11N.C2H6/c1-10-4-2-3-5-12(10)11-6-8-13-9-7-11;1-2/h2-9H,1H3;1-2H3. The number of benzene rings is 1. The van der Waals surface area contributed by atoms with E-state index in [1.54, 1.807) is 0 Å². The summed E-state index contributed by atoms with van der Waals surface area (Å²) < 4.78 is 0. The maximum atomic E-state index is 4.00. The third-order valence-electron chi connectivity index (χ3n) is 2.14. The molecule has 0 amide bonds. The van der Waals surface area contributed by atoms with Crippen molar-refractivity contribution in [2.45, 2.75) is 20.8 Å². The first kappa shape index (κ1) is 11.4. The molecule has 0 spiro atoms. The largest absolute Gasteiger partial charge is 0.265 e. The third kappa shape index (κ3) is 2.91. The van der Waals surface area contributed by atoms with Gasteiger partial charge < -0.3 is 0 Å². The average Bonchev–Trinajstić information content (AvgIpc) is 2.33. The van der Waals surface area contributed by atoms with E-state index in [-0.39, 0.29) is 0 Å². The van der Waals surface area contributed by atoms with Gasteiger partial charge in [0.25, 0.3) is 0 Å². The zero-order valence-corrected chi connectivity index (χ0v) is 9.57. The van der Waals surface area contributed by atoms with Crippen LogP contribution in [0, 0.1) is 6.92 Å². The molecule has 2 rings (SSSR count). The zero-order chi connectivity index (χ0) is 11.1. The number of aryl methyl sites for hydroxylation is 1. The zero-order valence-electron chi connectivity index (χ0n) is 9.57. The van der Waals surface area contributed by atoms with Crippen LogP contribution in [0.25, 0.3) is 11.1 Å². The molecular formula is C14H17N.